The summed E-state index contributed by atoms with van der Waals surface area (Å²) in [6.45, 7) is 3.70. The third kappa shape index (κ3) is 3.30. The molecule has 3 nitrogen and oxygen atoms in total. The van der Waals surface area contributed by atoms with Crippen LogP contribution in [0.25, 0.3) is 0 Å². The van der Waals surface area contributed by atoms with Crippen LogP contribution in [0.2, 0.25) is 0 Å². The number of carboxylic acids is 1. The van der Waals surface area contributed by atoms with Crippen LogP contribution in [0.3, 0.4) is 0 Å². The van der Waals surface area contributed by atoms with Crippen molar-refractivity contribution in [2.75, 3.05) is 0 Å². The Hall–Kier alpha value is -0.380. The number of rotatable bonds is 4. The van der Waals surface area contributed by atoms with Gasteiger partial charge < -0.3 is 5.11 Å². The largest absolute Gasteiger partial charge is 0.480 e. The Bertz CT molecular complexity index is 252. The van der Waals surface area contributed by atoms with Gasteiger partial charge in [0, 0.05) is 16.0 Å². The monoisotopic (exact) mass is 232 g/mol. The minimum Gasteiger partial charge on any atom is -0.480 e. The second-order valence-corrected chi connectivity index (χ2v) is 6.40. The van der Waals surface area contributed by atoms with Crippen molar-refractivity contribution < 1.29 is 14.1 Å². The number of hydrogen-bond donors (Lipinski definition) is 1. The highest BCUT2D eigenvalue weighted by Crippen LogP contribution is 2.30. The lowest BCUT2D eigenvalue weighted by Gasteiger charge is -2.28. The molecule has 1 aliphatic rings. The first-order chi connectivity index (χ1) is 7.06. The van der Waals surface area contributed by atoms with Crippen LogP contribution >= 0.6 is 0 Å². The van der Waals surface area contributed by atoms with Crippen LogP contribution in [0.4, 0.5) is 0 Å². The third-order valence-electron chi connectivity index (χ3n) is 3.34. The predicted molar refractivity (Wildman–Crippen MR) is 61.3 cm³/mol. The van der Waals surface area contributed by atoms with Crippen molar-refractivity contribution in [1.29, 1.82) is 0 Å². The van der Waals surface area contributed by atoms with E-state index < -0.39 is 22.0 Å². The number of carbonyl (C=O) groups is 1. The molecule has 1 saturated carbocycles. The molecule has 0 bridgehead atoms. The zero-order chi connectivity index (χ0) is 11.4. The van der Waals surface area contributed by atoms with Crippen LogP contribution in [-0.2, 0) is 15.6 Å². The molecule has 0 aromatic heterocycles. The lowest BCUT2D eigenvalue weighted by molar-refractivity contribution is -0.136. The first kappa shape index (κ1) is 12.7. The molecule has 0 aromatic rings. The quantitative estimate of drug-likeness (QED) is 0.808. The fourth-order valence-corrected chi connectivity index (χ4v) is 3.85. The maximum absolute atomic E-state index is 11.9. The Balaban J connectivity index is 2.55. The summed E-state index contributed by atoms with van der Waals surface area (Å²) >= 11 is 0. The summed E-state index contributed by atoms with van der Waals surface area (Å²) in [6.07, 6.45) is 5.31. The van der Waals surface area contributed by atoms with E-state index in [1.165, 1.54) is 6.42 Å². The topological polar surface area (TPSA) is 54.4 Å². The zero-order valence-corrected chi connectivity index (χ0v) is 10.3. The average Bonchev–Trinajstić information content (AvgIpc) is 2.27. The molecular formula is C11H20O3S. The van der Waals surface area contributed by atoms with Crippen LogP contribution in [0, 0.1) is 5.92 Å². The lowest BCUT2D eigenvalue weighted by Crippen LogP contribution is -2.33. The van der Waals surface area contributed by atoms with E-state index >= 15 is 0 Å². The molecule has 0 amide bonds. The molecule has 15 heavy (non-hydrogen) atoms. The fourth-order valence-electron chi connectivity index (χ4n) is 2.21. The van der Waals surface area contributed by atoms with Crippen LogP contribution in [0.1, 0.15) is 46.0 Å². The van der Waals surface area contributed by atoms with Gasteiger partial charge in [-0.15, -0.1) is 0 Å². The van der Waals surface area contributed by atoms with Crippen molar-refractivity contribution in [3.63, 3.8) is 0 Å². The van der Waals surface area contributed by atoms with E-state index in [0.717, 1.165) is 25.7 Å². The number of aliphatic carboxylic acids is 1. The number of hydrogen-bond acceptors (Lipinski definition) is 2. The summed E-state index contributed by atoms with van der Waals surface area (Å²) in [5.41, 5.74) is 0. The van der Waals surface area contributed by atoms with E-state index in [1.807, 2.05) is 0 Å². The molecular weight excluding hydrogens is 212 g/mol. The van der Waals surface area contributed by atoms with Gasteiger partial charge >= 0.3 is 5.97 Å². The molecule has 0 aliphatic heterocycles. The highest BCUT2D eigenvalue weighted by atomic mass is 32.2. The summed E-state index contributed by atoms with van der Waals surface area (Å²) in [5, 5.41) is 8.20. The van der Waals surface area contributed by atoms with E-state index in [-0.39, 0.29) is 5.25 Å². The van der Waals surface area contributed by atoms with Crippen LogP contribution < -0.4 is 0 Å². The molecule has 0 heterocycles. The maximum atomic E-state index is 11.9. The van der Waals surface area contributed by atoms with Gasteiger partial charge in [-0.25, -0.2) is 0 Å². The highest BCUT2D eigenvalue weighted by molar-refractivity contribution is 7.87. The Morgan fingerprint density at radius 1 is 1.53 bits per heavy atom. The summed E-state index contributed by atoms with van der Waals surface area (Å²) in [7, 11) is -1.20. The second-order valence-electron chi connectivity index (χ2n) is 4.37. The van der Waals surface area contributed by atoms with Gasteiger partial charge in [-0.1, -0.05) is 26.2 Å². The molecule has 0 spiro atoms. The normalized spacial score (nSPS) is 30.8. The summed E-state index contributed by atoms with van der Waals surface area (Å²) in [5.74, 6) is -0.291. The standard InChI is InChI=1S/C11H20O3S/c1-3-9-5-4-6-10(7-9)15(14)8(2)11(12)13/h8-10H,3-7H2,1-2H3,(H,12,13). The Kier molecular flexibility index (Phi) is 4.77. The SMILES string of the molecule is CCC1CCCC(S(=O)C(C)C(=O)O)C1. The molecule has 1 rings (SSSR count). The van der Waals surface area contributed by atoms with E-state index in [2.05, 4.69) is 6.92 Å². The molecule has 1 N–H and O–H groups in total. The first-order valence-corrected chi connectivity index (χ1v) is 6.96. The van der Waals surface area contributed by atoms with Gasteiger partial charge in [-0.2, -0.15) is 0 Å². The van der Waals surface area contributed by atoms with Crippen molar-refractivity contribution in [1.82, 2.24) is 0 Å². The fraction of sp³-hybridized carbons (Fsp3) is 0.909. The van der Waals surface area contributed by atoms with Gasteiger partial charge in [-0.05, 0) is 25.7 Å². The van der Waals surface area contributed by atoms with E-state index in [4.69, 9.17) is 5.11 Å². The van der Waals surface area contributed by atoms with Gasteiger partial charge in [0.05, 0.1) is 0 Å². The van der Waals surface area contributed by atoms with E-state index in [0.29, 0.717) is 5.92 Å². The van der Waals surface area contributed by atoms with Gasteiger partial charge in [0.1, 0.15) is 5.25 Å². The van der Waals surface area contributed by atoms with Crippen molar-refractivity contribution >= 4 is 16.8 Å². The lowest BCUT2D eigenvalue weighted by atomic mass is 9.87. The molecule has 4 heteroatoms. The van der Waals surface area contributed by atoms with Crippen LogP contribution in [-0.4, -0.2) is 25.8 Å². The van der Waals surface area contributed by atoms with Gasteiger partial charge in [0.2, 0.25) is 0 Å². The second kappa shape index (κ2) is 5.64. The predicted octanol–water partition coefficient (Wildman–Crippen LogP) is 2.18. The molecule has 4 unspecified atom stereocenters. The Morgan fingerprint density at radius 3 is 2.73 bits per heavy atom. The summed E-state index contributed by atoms with van der Waals surface area (Å²) < 4.78 is 11.9. The number of carboxylic acid groups (broad SMARTS) is 1. The Labute approximate surface area is 93.7 Å². The summed E-state index contributed by atoms with van der Waals surface area (Å²) in [6, 6.07) is 0. The van der Waals surface area contributed by atoms with Crippen molar-refractivity contribution in [3.8, 4) is 0 Å². The van der Waals surface area contributed by atoms with Gasteiger partial charge in [0.25, 0.3) is 0 Å². The third-order valence-corrected chi connectivity index (χ3v) is 5.32. The van der Waals surface area contributed by atoms with Crippen LogP contribution in [0.15, 0.2) is 0 Å². The molecule has 0 saturated heterocycles. The van der Waals surface area contributed by atoms with E-state index in [9.17, 15) is 9.00 Å². The minimum absolute atomic E-state index is 0.106. The molecule has 1 aliphatic carbocycles. The van der Waals surface area contributed by atoms with Crippen molar-refractivity contribution in [3.05, 3.63) is 0 Å². The molecule has 0 radical (unpaired) electrons. The van der Waals surface area contributed by atoms with Gasteiger partial charge in [-0.3, -0.25) is 9.00 Å². The molecule has 1 fully saturated rings. The summed E-state index contributed by atoms with van der Waals surface area (Å²) in [4.78, 5) is 10.7. The van der Waals surface area contributed by atoms with E-state index in [1.54, 1.807) is 6.92 Å². The average molecular weight is 232 g/mol. The van der Waals surface area contributed by atoms with Gasteiger partial charge in [0.15, 0.2) is 0 Å². The first-order valence-electron chi connectivity index (χ1n) is 5.68. The van der Waals surface area contributed by atoms with Crippen LogP contribution in [0.5, 0.6) is 0 Å². The zero-order valence-electron chi connectivity index (χ0n) is 9.44. The van der Waals surface area contributed by atoms with Crippen molar-refractivity contribution in [2.45, 2.75) is 56.5 Å². The minimum atomic E-state index is -1.20. The molecule has 4 atom stereocenters. The highest BCUT2D eigenvalue weighted by Gasteiger charge is 2.30. The van der Waals surface area contributed by atoms with Crippen molar-refractivity contribution in [2.24, 2.45) is 5.92 Å². The smallest absolute Gasteiger partial charge is 0.318 e. The maximum Gasteiger partial charge on any atom is 0.318 e. The molecule has 0 aromatic carbocycles. The molecule has 88 valence electrons. The Morgan fingerprint density at radius 2 is 2.20 bits per heavy atom.